The Kier molecular flexibility index (Phi) is 6.97. The molecule has 9 nitrogen and oxygen atoms in total. The molecule has 38 heavy (non-hydrogen) atoms. The molecule has 0 unspecified atom stereocenters. The fraction of sp³-hybridized carbons (Fsp3) is 0.360. The Hall–Kier alpha value is -3.35. The number of amides is 1. The van der Waals surface area contributed by atoms with E-state index in [-0.39, 0.29) is 42.8 Å². The number of thiazole rings is 1. The molecule has 1 aliphatic rings. The van der Waals surface area contributed by atoms with Crippen molar-refractivity contribution in [3.8, 4) is 16.9 Å². The Morgan fingerprint density at radius 1 is 1.18 bits per heavy atom. The van der Waals surface area contributed by atoms with Crippen LogP contribution in [0.3, 0.4) is 0 Å². The van der Waals surface area contributed by atoms with Gasteiger partial charge < -0.3 is 19.7 Å². The van der Waals surface area contributed by atoms with Crippen molar-refractivity contribution in [1.29, 1.82) is 0 Å². The molecule has 1 amide bonds. The van der Waals surface area contributed by atoms with Gasteiger partial charge in [-0.25, -0.2) is 28.5 Å². The molecule has 0 radical (unpaired) electrons. The monoisotopic (exact) mass is 562 g/mol. The van der Waals surface area contributed by atoms with Crippen LogP contribution in [-0.4, -0.2) is 59.9 Å². The Balaban J connectivity index is 1.68. The molecular formula is C25H25ClF2N6O3S. The molecule has 0 atom stereocenters. The van der Waals surface area contributed by atoms with Gasteiger partial charge in [0.2, 0.25) is 0 Å². The van der Waals surface area contributed by atoms with Gasteiger partial charge in [0.15, 0.2) is 16.7 Å². The number of benzene rings is 2. The standard InChI is InChI=1S/C25H25ClF2N6O3S/c1-25(2,3)37-24(35)33-23-32-18-12(5-6-13(27)21(18)38-23)14-16(26)20(36-4)15-19(17(14)28)30-11-31-22(15)34-9-7-29-8-10-34/h5-6,11,29H,7-10H2,1-4H3,(H,32,33,35). The molecule has 0 aliphatic carbocycles. The van der Waals surface area contributed by atoms with Crippen LogP contribution in [0.15, 0.2) is 18.5 Å². The highest BCUT2D eigenvalue weighted by Crippen LogP contribution is 2.48. The van der Waals surface area contributed by atoms with Crippen LogP contribution in [-0.2, 0) is 4.74 Å². The number of carbonyl (C=O) groups excluding carboxylic acids is 1. The first kappa shape index (κ1) is 26.3. The summed E-state index contributed by atoms with van der Waals surface area (Å²) in [6, 6.07) is 2.59. The van der Waals surface area contributed by atoms with E-state index in [2.05, 4.69) is 25.6 Å². The zero-order valence-corrected chi connectivity index (χ0v) is 22.7. The molecule has 2 N–H and O–H groups in total. The maximum atomic E-state index is 16.2. The number of ether oxygens (including phenoxy) is 2. The number of methoxy groups -OCH3 is 1. The molecule has 1 fully saturated rings. The van der Waals surface area contributed by atoms with Gasteiger partial charge in [-0.1, -0.05) is 22.9 Å². The zero-order valence-electron chi connectivity index (χ0n) is 21.1. The topological polar surface area (TPSA) is 102 Å². The first-order chi connectivity index (χ1) is 18.1. The molecule has 2 aromatic carbocycles. The van der Waals surface area contributed by atoms with Crippen LogP contribution in [0.5, 0.6) is 5.75 Å². The lowest BCUT2D eigenvalue weighted by Gasteiger charge is -2.29. The van der Waals surface area contributed by atoms with E-state index < -0.39 is 23.3 Å². The summed E-state index contributed by atoms with van der Waals surface area (Å²) in [6.07, 6.45) is 0.554. The number of halogens is 3. The zero-order chi connectivity index (χ0) is 27.2. The van der Waals surface area contributed by atoms with E-state index in [1.54, 1.807) is 20.8 Å². The highest BCUT2D eigenvalue weighted by atomic mass is 35.5. The lowest BCUT2D eigenvalue weighted by Crippen LogP contribution is -2.44. The molecule has 2 aromatic heterocycles. The average Bonchev–Trinajstić information content (AvgIpc) is 3.29. The third-order valence-corrected chi connectivity index (χ3v) is 7.23. The highest BCUT2D eigenvalue weighted by Gasteiger charge is 2.29. The lowest BCUT2D eigenvalue weighted by molar-refractivity contribution is 0.0636. The SMILES string of the molecule is COc1c(Cl)c(-c2ccc(F)c3sc(NC(=O)OC(C)(C)C)nc23)c(F)c2ncnc(N3CCNCC3)c12. The summed E-state index contributed by atoms with van der Waals surface area (Å²) in [4.78, 5) is 27.3. The number of fused-ring (bicyclic) bond motifs is 2. The predicted molar refractivity (Wildman–Crippen MR) is 145 cm³/mol. The second-order valence-electron chi connectivity index (χ2n) is 9.61. The summed E-state index contributed by atoms with van der Waals surface area (Å²) in [6.45, 7) is 7.99. The number of nitrogens with one attached hydrogen (secondary N) is 2. The average molecular weight is 563 g/mol. The lowest BCUT2D eigenvalue weighted by atomic mass is 10.00. The number of anilines is 2. The predicted octanol–water partition coefficient (Wildman–Crippen LogP) is 5.60. The van der Waals surface area contributed by atoms with Gasteiger partial charge in [0.25, 0.3) is 0 Å². The minimum Gasteiger partial charge on any atom is -0.494 e. The van der Waals surface area contributed by atoms with Gasteiger partial charge in [-0.05, 0) is 32.9 Å². The van der Waals surface area contributed by atoms with Gasteiger partial charge in [0.05, 0.1) is 27.7 Å². The van der Waals surface area contributed by atoms with Gasteiger partial charge in [0.1, 0.15) is 29.1 Å². The van der Waals surface area contributed by atoms with Crippen molar-refractivity contribution in [3.63, 3.8) is 0 Å². The van der Waals surface area contributed by atoms with Gasteiger partial charge in [-0.2, -0.15) is 0 Å². The van der Waals surface area contributed by atoms with Crippen LogP contribution in [0.25, 0.3) is 32.2 Å². The summed E-state index contributed by atoms with van der Waals surface area (Å²) in [5, 5.41) is 6.21. The minimum absolute atomic E-state index is 0.0181. The van der Waals surface area contributed by atoms with Gasteiger partial charge in [0, 0.05) is 37.3 Å². The third kappa shape index (κ3) is 4.79. The van der Waals surface area contributed by atoms with Crippen molar-refractivity contribution in [2.24, 2.45) is 0 Å². The number of hydrogen-bond acceptors (Lipinski definition) is 9. The van der Waals surface area contributed by atoms with E-state index >= 15 is 4.39 Å². The van der Waals surface area contributed by atoms with E-state index in [9.17, 15) is 9.18 Å². The number of piperazine rings is 1. The normalized spacial score (nSPS) is 14.2. The quantitative estimate of drug-likeness (QED) is 0.331. The first-order valence-corrected chi connectivity index (χ1v) is 13.0. The first-order valence-electron chi connectivity index (χ1n) is 11.8. The summed E-state index contributed by atoms with van der Waals surface area (Å²) in [5.41, 5.74) is -0.412. The minimum atomic E-state index is -0.743. The Morgan fingerprint density at radius 3 is 2.61 bits per heavy atom. The van der Waals surface area contributed by atoms with Crippen molar-refractivity contribution in [3.05, 3.63) is 35.1 Å². The second-order valence-corrected chi connectivity index (χ2v) is 11.0. The van der Waals surface area contributed by atoms with Gasteiger partial charge in [-0.3, -0.25) is 5.32 Å². The summed E-state index contributed by atoms with van der Waals surface area (Å²) in [5.74, 6) is -0.576. The summed E-state index contributed by atoms with van der Waals surface area (Å²) in [7, 11) is 1.43. The summed E-state index contributed by atoms with van der Waals surface area (Å²) >= 11 is 7.68. The molecule has 1 saturated heterocycles. The van der Waals surface area contributed by atoms with E-state index in [1.807, 2.05) is 4.90 Å². The molecule has 0 saturated carbocycles. The van der Waals surface area contributed by atoms with Gasteiger partial charge >= 0.3 is 6.09 Å². The molecule has 0 spiro atoms. The molecule has 3 heterocycles. The number of rotatable bonds is 4. The number of carbonyl (C=O) groups is 1. The maximum Gasteiger partial charge on any atom is 0.413 e. The third-order valence-electron chi connectivity index (χ3n) is 5.89. The van der Waals surface area contributed by atoms with Crippen molar-refractivity contribution in [2.45, 2.75) is 26.4 Å². The fourth-order valence-electron chi connectivity index (χ4n) is 4.36. The largest absolute Gasteiger partial charge is 0.494 e. The number of aromatic nitrogens is 3. The van der Waals surface area contributed by atoms with Crippen LogP contribution in [0.2, 0.25) is 5.02 Å². The van der Waals surface area contributed by atoms with E-state index in [4.69, 9.17) is 21.1 Å². The van der Waals surface area contributed by atoms with Crippen molar-refractivity contribution >= 4 is 61.1 Å². The number of nitrogens with zero attached hydrogens (tertiary/aromatic N) is 4. The summed E-state index contributed by atoms with van der Waals surface area (Å²) < 4.78 is 42.1. The van der Waals surface area contributed by atoms with E-state index in [0.29, 0.717) is 24.3 Å². The van der Waals surface area contributed by atoms with Gasteiger partial charge in [-0.15, -0.1) is 0 Å². The van der Waals surface area contributed by atoms with E-state index in [0.717, 1.165) is 24.4 Å². The van der Waals surface area contributed by atoms with Crippen LogP contribution >= 0.6 is 22.9 Å². The molecule has 200 valence electrons. The molecule has 1 aliphatic heterocycles. The molecule has 0 bridgehead atoms. The number of hydrogen-bond donors (Lipinski definition) is 2. The van der Waals surface area contributed by atoms with Crippen molar-refractivity contribution < 1.29 is 23.0 Å². The Labute approximate surface area is 226 Å². The van der Waals surface area contributed by atoms with Crippen molar-refractivity contribution in [1.82, 2.24) is 20.3 Å². The van der Waals surface area contributed by atoms with E-state index in [1.165, 1.54) is 25.6 Å². The molecular weight excluding hydrogens is 538 g/mol. The van der Waals surface area contributed by atoms with Crippen LogP contribution in [0, 0.1) is 11.6 Å². The smallest absolute Gasteiger partial charge is 0.413 e. The highest BCUT2D eigenvalue weighted by molar-refractivity contribution is 7.22. The molecule has 13 heteroatoms. The Morgan fingerprint density at radius 2 is 1.92 bits per heavy atom. The fourth-order valence-corrected chi connectivity index (χ4v) is 5.60. The van der Waals surface area contributed by atoms with Crippen LogP contribution in [0.4, 0.5) is 24.5 Å². The maximum absolute atomic E-state index is 16.2. The van der Waals surface area contributed by atoms with Crippen LogP contribution in [0.1, 0.15) is 20.8 Å². The molecule has 4 aromatic rings. The Bertz CT molecular complexity index is 1550. The van der Waals surface area contributed by atoms with Crippen molar-refractivity contribution in [2.75, 3.05) is 43.5 Å². The molecule has 5 rings (SSSR count). The second kappa shape index (κ2) is 10.1. The van der Waals surface area contributed by atoms with Crippen LogP contribution < -0.4 is 20.3 Å².